The predicted octanol–water partition coefficient (Wildman–Crippen LogP) is 1.56. The Bertz CT molecular complexity index is 252. The van der Waals surface area contributed by atoms with E-state index in [2.05, 4.69) is 43.2 Å². The van der Waals surface area contributed by atoms with Gasteiger partial charge in [-0.1, -0.05) is 19.3 Å². The van der Waals surface area contributed by atoms with Gasteiger partial charge in [-0.15, -0.1) is 0 Å². The summed E-state index contributed by atoms with van der Waals surface area (Å²) in [5.41, 5.74) is 5.99. The molecule has 0 aromatic rings. The number of likely N-dealkylation sites (N-methyl/N-ethyl adjacent to an activating group) is 1. The van der Waals surface area contributed by atoms with E-state index in [1.54, 1.807) is 0 Å². The minimum absolute atomic E-state index is 0.0544. The highest BCUT2D eigenvalue weighted by Crippen LogP contribution is 2.17. The second kappa shape index (κ2) is 6.24. The maximum Gasteiger partial charge on any atom is 0.188 e. The molecule has 100 valence electrons. The van der Waals surface area contributed by atoms with Gasteiger partial charge in [-0.2, -0.15) is 0 Å². The van der Waals surface area contributed by atoms with Crippen molar-refractivity contribution in [2.45, 2.75) is 57.5 Å². The van der Waals surface area contributed by atoms with E-state index in [0.29, 0.717) is 12.0 Å². The Morgan fingerprint density at radius 2 is 1.88 bits per heavy atom. The first-order valence-corrected chi connectivity index (χ1v) is 6.66. The maximum absolute atomic E-state index is 5.93. The second-order valence-corrected chi connectivity index (χ2v) is 5.89. The zero-order valence-corrected chi connectivity index (χ0v) is 11.8. The van der Waals surface area contributed by atoms with Crippen LogP contribution in [0.25, 0.3) is 0 Å². The van der Waals surface area contributed by atoms with Gasteiger partial charge < -0.3 is 16.0 Å². The third kappa shape index (κ3) is 4.94. The predicted molar refractivity (Wildman–Crippen MR) is 74.3 cm³/mol. The lowest BCUT2D eigenvalue weighted by molar-refractivity contribution is 0.205. The van der Waals surface area contributed by atoms with E-state index >= 15 is 0 Å². The van der Waals surface area contributed by atoms with Crippen molar-refractivity contribution in [1.29, 1.82) is 0 Å². The SMILES string of the molecule is CN(C)C(C)(C)CN=C(N)NC1CCCCC1. The summed E-state index contributed by atoms with van der Waals surface area (Å²) in [4.78, 5) is 6.62. The van der Waals surface area contributed by atoms with E-state index in [0.717, 1.165) is 6.54 Å². The lowest BCUT2D eigenvalue weighted by Crippen LogP contribution is -2.44. The van der Waals surface area contributed by atoms with Crippen LogP contribution in [0, 0.1) is 0 Å². The minimum Gasteiger partial charge on any atom is -0.370 e. The van der Waals surface area contributed by atoms with Gasteiger partial charge in [0.25, 0.3) is 0 Å². The molecule has 17 heavy (non-hydrogen) atoms. The number of aliphatic imine (C=N–C) groups is 1. The summed E-state index contributed by atoms with van der Waals surface area (Å²) < 4.78 is 0. The molecular weight excluding hydrogens is 212 g/mol. The summed E-state index contributed by atoms with van der Waals surface area (Å²) in [5, 5.41) is 3.34. The molecule has 0 aromatic carbocycles. The van der Waals surface area contributed by atoms with Crippen molar-refractivity contribution in [2.24, 2.45) is 10.7 Å². The highest BCUT2D eigenvalue weighted by Gasteiger charge is 2.20. The largest absolute Gasteiger partial charge is 0.370 e. The van der Waals surface area contributed by atoms with Crippen molar-refractivity contribution in [3.8, 4) is 0 Å². The first-order chi connectivity index (χ1) is 7.92. The van der Waals surface area contributed by atoms with Crippen molar-refractivity contribution in [3.05, 3.63) is 0 Å². The quantitative estimate of drug-likeness (QED) is 0.579. The molecule has 0 bridgehead atoms. The monoisotopic (exact) mass is 240 g/mol. The summed E-state index contributed by atoms with van der Waals surface area (Å²) in [6.07, 6.45) is 6.45. The lowest BCUT2D eigenvalue weighted by atomic mass is 9.96. The van der Waals surface area contributed by atoms with Crippen LogP contribution in [0.15, 0.2) is 4.99 Å². The molecule has 1 aliphatic rings. The van der Waals surface area contributed by atoms with E-state index < -0.39 is 0 Å². The smallest absolute Gasteiger partial charge is 0.188 e. The van der Waals surface area contributed by atoms with E-state index in [1.807, 2.05) is 0 Å². The fourth-order valence-corrected chi connectivity index (χ4v) is 1.92. The van der Waals surface area contributed by atoms with Gasteiger partial charge in [0.1, 0.15) is 0 Å². The third-order valence-corrected chi connectivity index (χ3v) is 3.80. The van der Waals surface area contributed by atoms with Crippen molar-refractivity contribution < 1.29 is 0 Å². The van der Waals surface area contributed by atoms with E-state index in [-0.39, 0.29) is 5.54 Å². The molecule has 0 amide bonds. The zero-order chi connectivity index (χ0) is 12.9. The molecule has 0 saturated heterocycles. The van der Waals surface area contributed by atoms with Gasteiger partial charge in [-0.25, -0.2) is 0 Å². The summed E-state index contributed by atoms with van der Waals surface area (Å²) in [5.74, 6) is 0.604. The van der Waals surface area contributed by atoms with Crippen LogP contribution in [0.5, 0.6) is 0 Å². The van der Waals surface area contributed by atoms with Crippen molar-refractivity contribution in [2.75, 3.05) is 20.6 Å². The number of nitrogens with one attached hydrogen (secondary N) is 1. The van der Waals surface area contributed by atoms with E-state index in [9.17, 15) is 0 Å². The molecule has 0 atom stereocenters. The van der Waals surface area contributed by atoms with Gasteiger partial charge in [0.05, 0.1) is 6.54 Å². The Balaban J connectivity index is 2.38. The fraction of sp³-hybridized carbons (Fsp3) is 0.923. The van der Waals surface area contributed by atoms with Crippen LogP contribution in [0.3, 0.4) is 0 Å². The number of nitrogens with two attached hydrogens (primary N) is 1. The Labute approximate surface area is 106 Å². The van der Waals surface area contributed by atoms with Gasteiger partial charge in [0, 0.05) is 11.6 Å². The van der Waals surface area contributed by atoms with Gasteiger partial charge in [0.15, 0.2) is 5.96 Å². The molecule has 4 heteroatoms. The first kappa shape index (κ1) is 14.3. The summed E-state index contributed by atoms with van der Waals surface area (Å²) >= 11 is 0. The highest BCUT2D eigenvalue weighted by molar-refractivity contribution is 5.78. The van der Waals surface area contributed by atoms with Crippen LogP contribution in [-0.4, -0.2) is 43.1 Å². The lowest BCUT2D eigenvalue weighted by Gasteiger charge is -2.31. The van der Waals surface area contributed by atoms with Crippen LogP contribution in [-0.2, 0) is 0 Å². The average Bonchev–Trinajstić information content (AvgIpc) is 2.28. The summed E-state index contributed by atoms with van der Waals surface area (Å²) in [7, 11) is 4.14. The van der Waals surface area contributed by atoms with E-state index in [4.69, 9.17) is 5.73 Å². The normalized spacial score (nSPS) is 19.7. The second-order valence-electron chi connectivity index (χ2n) is 5.89. The molecule has 0 unspecified atom stereocenters. The molecule has 0 spiro atoms. The first-order valence-electron chi connectivity index (χ1n) is 6.66. The molecule has 4 nitrogen and oxygen atoms in total. The molecule has 0 radical (unpaired) electrons. The van der Waals surface area contributed by atoms with Gasteiger partial charge >= 0.3 is 0 Å². The topological polar surface area (TPSA) is 53.6 Å². The van der Waals surface area contributed by atoms with Crippen LogP contribution in [0.1, 0.15) is 46.0 Å². The number of nitrogens with zero attached hydrogens (tertiary/aromatic N) is 2. The van der Waals surface area contributed by atoms with Gasteiger partial charge in [-0.05, 0) is 40.8 Å². The maximum atomic E-state index is 5.93. The summed E-state index contributed by atoms with van der Waals surface area (Å²) in [6.45, 7) is 5.07. The molecule has 3 N–H and O–H groups in total. The highest BCUT2D eigenvalue weighted by atomic mass is 15.2. The molecule has 0 aromatic heterocycles. The van der Waals surface area contributed by atoms with Crippen LogP contribution >= 0.6 is 0 Å². The molecule has 1 fully saturated rings. The fourth-order valence-electron chi connectivity index (χ4n) is 1.92. The van der Waals surface area contributed by atoms with Gasteiger partial charge in [-0.3, -0.25) is 4.99 Å². The van der Waals surface area contributed by atoms with Crippen molar-refractivity contribution in [1.82, 2.24) is 10.2 Å². The Hall–Kier alpha value is -0.770. The van der Waals surface area contributed by atoms with Crippen LogP contribution in [0.4, 0.5) is 0 Å². The molecule has 1 saturated carbocycles. The van der Waals surface area contributed by atoms with E-state index in [1.165, 1.54) is 32.1 Å². The van der Waals surface area contributed by atoms with Crippen molar-refractivity contribution >= 4 is 5.96 Å². The number of rotatable bonds is 4. The minimum atomic E-state index is 0.0544. The molecule has 0 aliphatic heterocycles. The molecule has 1 aliphatic carbocycles. The molecule has 1 rings (SSSR count). The number of hydrogen-bond donors (Lipinski definition) is 2. The van der Waals surface area contributed by atoms with Crippen LogP contribution < -0.4 is 11.1 Å². The molecular formula is C13H28N4. The van der Waals surface area contributed by atoms with Crippen LogP contribution in [0.2, 0.25) is 0 Å². The third-order valence-electron chi connectivity index (χ3n) is 3.80. The Kier molecular flexibility index (Phi) is 5.25. The number of hydrogen-bond acceptors (Lipinski definition) is 2. The standard InChI is InChI=1S/C13H28N4/c1-13(2,17(3)4)10-15-12(14)16-11-8-6-5-7-9-11/h11H,5-10H2,1-4H3,(H3,14,15,16). The Morgan fingerprint density at radius 1 is 1.29 bits per heavy atom. The Morgan fingerprint density at radius 3 is 2.41 bits per heavy atom. The summed E-state index contributed by atoms with van der Waals surface area (Å²) in [6, 6.07) is 0.537. The van der Waals surface area contributed by atoms with Gasteiger partial charge in [0.2, 0.25) is 0 Å². The van der Waals surface area contributed by atoms with Crippen molar-refractivity contribution in [3.63, 3.8) is 0 Å². The number of guanidine groups is 1. The average molecular weight is 240 g/mol. The molecule has 0 heterocycles. The zero-order valence-electron chi connectivity index (χ0n) is 11.8.